The molecule has 7 nitrogen and oxygen atoms in total. The van der Waals surface area contributed by atoms with Crippen LogP contribution in [0.25, 0.3) is 16.6 Å². The molecule has 34 heavy (non-hydrogen) atoms. The molecule has 0 radical (unpaired) electrons. The number of pyridine rings is 1. The maximum Gasteiger partial charge on any atom is 0.153 e. The third-order valence-electron chi connectivity index (χ3n) is 6.43. The Morgan fingerprint density at radius 1 is 1.00 bits per heavy atom. The number of nitrogens with zero attached hydrogens (tertiary/aromatic N) is 5. The summed E-state index contributed by atoms with van der Waals surface area (Å²) in [7, 11) is 1.69. The second kappa shape index (κ2) is 9.65. The highest BCUT2D eigenvalue weighted by molar-refractivity contribution is 5.92. The van der Waals surface area contributed by atoms with Crippen molar-refractivity contribution in [1.29, 1.82) is 0 Å². The van der Waals surface area contributed by atoms with Crippen molar-refractivity contribution in [1.82, 2.24) is 19.7 Å². The fraction of sp³-hybridized carbons (Fsp3) is 0.296. The summed E-state index contributed by atoms with van der Waals surface area (Å²) in [6, 6.07) is 19.7. The van der Waals surface area contributed by atoms with Gasteiger partial charge in [-0.3, -0.25) is 14.7 Å². The molecule has 0 saturated carbocycles. The number of carbonyl (C=O) groups excluding carboxylic acids is 1. The van der Waals surface area contributed by atoms with Gasteiger partial charge in [-0.15, -0.1) is 0 Å². The molecule has 1 saturated heterocycles. The molecule has 1 unspecified atom stereocenters. The molecule has 7 heteroatoms. The number of Topliss-reactive ketones (excluding diaryl/α,β-unsaturated/α-hetero) is 1. The first-order valence-electron chi connectivity index (χ1n) is 11.7. The molecular weight excluding hydrogens is 426 g/mol. The number of fused-ring (bicyclic) bond motifs is 1. The number of ketones is 1. The summed E-state index contributed by atoms with van der Waals surface area (Å²) in [6.07, 6.45) is 4.70. The fourth-order valence-corrected chi connectivity index (χ4v) is 4.80. The zero-order chi connectivity index (χ0) is 23.5. The van der Waals surface area contributed by atoms with Crippen molar-refractivity contribution in [2.24, 2.45) is 0 Å². The topological polar surface area (TPSA) is 63.5 Å². The van der Waals surface area contributed by atoms with E-state index in [1.807, 2.05) is 65.6 Å². The Morgan fingerprint density at radius 3 is 2.65 bits per heavy atom. The summed E-state index contributed by atoms with van der Waals surface area (Å²) in [4.78, 5) is 22.0. The van der Waals surface area contributed by atoms with Gasteiger partial charge in [0.1, 0.15) is 11.8 Å². The van der Waals surface area contributed by atoms with Crippen molar-refractivity contribution in [2.45, 2.75) is 19.4 Å². The average molecular weight is 456 g/mol. The van der Waals surface area contributed by atoms with E-state index >= 15 is 0 Å². The van der Waals surface area contributed by atoms with Crippen molar-refractivity contribution < 1.29 is 9.53 Å². The number of hydrogen-bond donors (Lipinski definition) is 0. The van der Waals surface area contributed by atoms with Crippen LogP contribution in [0.5, 0.6) is 5.75 Å². The molecule has 3 heterocycles. The molecule has 1 atom stereocenters. The molecule has 0 spiro atoms. The molecule has 0 aliphatic carbocycles. The van der Waals surface area contributed by atoms with Crippen LogP contribution in [-0.4, -0.2) is 58.7 Å². The van der Waals surface area contributed by atoms with E-state index in [0.717, 1.165) is 66.3 Å². The van der Waals surface area contributed by atoms with Gasteiger partial charge in [-0.25, -0.2) is 4.68 Å². The standard InChI is InChI=1S/C27H29N5O2/c1-20(33)27(24-11-15-32(29-24)22-9-4-3-5-10-22)31-14-7-13-30(16-17-31)25-19-23(34-2)18-21-8-6-12-28-26(21)25/h3-6,8-12,15,18-19,27H,7,13-14,16-17H2,1-2H3. The molecule has 174 valence electrons. The lowest BCUT2D eigenvalue weighted by Crippen LogP contribution is -2.37. The van der Waals surface area contributed by atoms with E-state index in [0.29, 0.717) is 0 Å². The fourth-order valence-electron chi connectivity index (χ4n) is 4.80. The van der Waals surface area contributed by atoms with Gasteiger partial charge in [-0.2, -0.15) is 5.10 Å². The van der Waals surface area contributed by atoms with Gasteiger partial charge in [0.2, 0.25) is 0 Å². The number of anilines is 1. The number of benzene rings is 2. The van der Waals surface area contributed by atoms with Crippen molar-refractivity contribution in [2.75, 3.05) is 38.2 Å². The van der Waals surface area contributed by atoms with Crippen LogP contribution in [-0.2, 0) is 4.79 Å². The molecule has 0 bridgehead atoms. The lowest BCUT2D eigenvalue weighted by molar-refractivity contribution is -0.122. The van der Waals surface area contributed by atoms with Crippen LogP contribution in [0.3, 0.4) is 0 Å². The van der Waals surface area contributed by atoms with E-state index in [1.54, 1.807) is 14.0 Å². The second-order valence-corrected chi connectivity index (χ2v) is 8.63. The largest absolute Gasteiger partial charge is 0.497 e. The average Bonchev–Trinajstić information content (AvgIpc) is 3.22. The van der Waals surface area contributed by atoms with Crippen molar-refractivity contribution in [3.63, 3.8) is 0 Å². The van der Waals surface area contributed by atoms with Crippen LogP contribution >= 0.6 is 0 Å². The van der Waals surface area contributed by atoms with E-state index in [4.69, 9.17) is 9.84 Å². The van der Waals surface area contributed by atoms with Gasteiger partial charge in [0.25, 0.3) is 0 Å². The molecule has 2 aromatic heterocycles. The van der Waals surface area contributed by atoms with Gasteiger partial charge in [-0.05, 0) is 43.7 Å². The minimum atomic E-state index is -0.356. The monoisotopic (exact) mass is 455 g/mol. The minimum absolute atomic E-state index is 0.111. The number of carbonyl (C=O) groups is 1. The SMILES string of the molecule is COc1cc(N2CCCN(C(C(C)=O)c3ccn(-c4ccccc4)n3)CC2)c2ncccc2c1. The summed E-state index contributed by atoms with van der Waals surface area (Å²) in [6.45, 7) is 4.93. The van der Waals surface area contributed by atoms with Crippen LogP contribution in [0.1, 0.15) is 25.1 Å². The lowest BCUT2D eigenvalue weighted by atomic mass is 10.1. The first kappa shape index (κ1) is 22.1. The summed E-state index contributed by atoms with van der Waals surface area (Å²) >= 11 is 0. The van der Waals surface area contributed by atoms with Gasteiger partial charge < -0.3 is 9.64 Å². The smallest absolute Gasteiger partial charge is 0.153 e. The maximum absolute atomic E-state index is 12.8. The van der Waals surface area contributed by atoms with E-state index in [2.05, 4.69) is 26.9 Å². The Kier molecular flexibility index (Phi) is 6.27. The third kappa shape index (κ3) is 4.39. The maximum atomic E-state index is 12.8. The van der Waals surface area contributed by atoms with Gasteiger partial charge in [0.05, 0.1) is 29.7 Å². The van der Waals surface area contributed by atoms with Crippen molar-refractivity contribution in [3.05, 3.63) is 78.8 Å². The quantitative estimate of drug-likeness (QED) is 0.433. The lowest BCUT2D eigenvalue weighted by Gasteiger charge is -2.28. The number of aromatic nitrogens is 3. The Bertz CT molecular complexity index is 1290. The first-order chi connectivity index (χ1) is 16.6. The van der Waals surface area contributed by atoms with Crippen molar-refractivity contribution in [3.8, 4) is 11.4 Å². The van der Waals surface area contributed by atoms with Gasteiger partial charge in [0.15, 0.2) is 5.78 Å². The van der Waals surface area contributed by atoms with E-state index in [-0.39, 0.29) is 11.8 Å². The summed E-state index contributed by atoms with van der Waals surface area (Å²) in [5, 5.41) is 5.82. The summed E-state index contributed by atoms with van der Waals surface area (Å²) in [5.74, 6) is 0.935. The third-order valence-corrected chi connectivity index (χ3v) is 6.43. The van der Waals surface area contributed by atoms with Gasteiger partial charge in [0, 0.05) is 50.0 Å². The molecule has 5 rings (SSSR count). The van der Waals surface area contributed by atoms with Crippen molar-refractivity contribution >= 4 is 22.4 Å². The molecular formula is C27H29N5O2. The van der Waals surface area contributed by atoms with Crippen LogP contribution in [0, 0.1) is 0 Å². The normalized spacial score (nSPS) is 15.8. The first-order valence-corrected chi connectivity index (χ1v) is 11.7. The Hall–Kier alpha value is -3.71. The van der Waals surface area contributed by atoms with Crippen LogP contribution in [0.15, 0.2) is 73.1 Å². The van der Waals surface area contributed by atoms with Gasteiger partial charge in [-0.1, -0.05) is 24.3 Å². The molecule has 1 aliphatic rings. The van der Waals surface area contributed by atoms with Crippen LogP contribution in [0.4, 0.5) is 5.69 Å². The predicted octanol–water partition coefficient (Wildman–Crippen LogP) is 4.27. The molecule has 0 N–H and O–H groups in total. The Balaban J connectivity index is 1.39. The second-order valence-electron chi connectivity index (χ2n) is 8.63. The van der Waals surface area contributed by atoms with Crippen LogP contribution in [0.2, 0.25) is 0 Å². The van der Waals surface area contributed by atoms with E-state index in [1.165, 1.54) is 0 Å². The Morgan fingerprint density at radius 2 is 1.85 bits per heavy atom. The number of hydrogen-bond acceptors (Lipinski definition) is 6. The number of ether oxygens (including phenoxy) is 1. The minimum Gasteiger partial charge on any atom is -0.497 e. The van der Waals surface area contributed by atoms with Gasteiger partial charge >= 0.3 is 0 Å². The molecule has 1 fully saturated rings. The summed E-state index contributed by atoms with van der Waals surface area (Å²) < 4.78 is 7.39. The number of para-hydroxylation sites is 1. The van der Waals surface area contributed by atoms with E-state index < -0.39 is 0 Å². The highest BCUT2D eigenvalue weighted by Crippen LogP contribution is 2.32. The number of methoxy groups -OCH3 is 1. The molecule has 4 aromatic rings. The molecule has 2 aromatic carbocycles. The van der Waals surface area contributed by atoms with Crippen LogP contribution < -0.4 is 9.64 Å². The highest BCUT2D eigenvalue weighted by atomic mass is 16.5. The zero-order valence-electron chi connectivity index (χ0n) is 19.6. The highest BCUT2D eigenvalue weighted by Gasteiger charge is 2.29. The van der Waals surface area contributed by atoms with E-state index in [9.17, 15) is 4.79 Å². The predicted molar refractivity (Wildman–Crippen MR) is 134 cm³/mol. The Labute approximate surface area is 199 Å². The zero-order valence-corrected chi connectivity index (χ0v) is 19.6. The summed E-state index contributed by atoms with van der Waals surface area (Å²) in [5.41, 5.74) is 3.82. The molecule has 1 aliphatic heterocycles. The molecule has 0 amide bonds. The number of rotatable bonds is 6.